The number of carbonyl (C=O) groups is 1. The van der Waals surface area contributed by atoms with Crippen LogP contribution in [0.2, 0.25) is 0 Å². The molecule has 0 aromatic carbocycles. The zero-order chi connectivity index (χ0) is 8.53. The lowest BCUT2D eigenvalue weighted by Crippen LogP contribution is -1.88. The Hall–Kier alpha value is -0.760. The highest BCUT2D eigenvalue weighted by Crippen LogP contribution is 1.93. The molecule has 0 aromatic rings. The number of allylic oxidation sites excluding steroid dienone is 3. The monoisotopic (exact) mass is 174 g/mol. The van der Waals surface area contributed by atoms with Gasteiger partial charge in [0, 0.05) is 6.08 Å². The Kier molecular flexibility index (Phi) is 6.84. The molecular formula is C8H11ClO2. The zero-order valence-corrected chi connectivity index (χ0v) is 7.17. The molecule has 0 spiro atoms. The summed E-state index contributed by atoms with van der Waals surface area (Å²) in [5.74, 6) is -0.521. The Morgan fingerprint density at radius 2 is 2.09 bits per heavy atom. The van der Waals surface area contributed by atoms with Gasteiger partial charge in [0.05, 0.1) is 0 Å². The first-order valence-corrected chi connectivity index (χ1v) is 3.72. The molecule has 0 N–H and O–H groups in total. The summed E-state index contributed by atoms with van der Waals surface area (Å²) in [5.41, 5.74) is 0. The van der Waals surface area contributed by atoms with Crippen LogP contribution in [0, 0.1) is 0 Å². The minimum atomic E-state index is -0.521. The molecule has 0 radical (unpaired) electrons. The first-order chi connectivity index (χ1) is 5.31. The Morgan fingerprint density at radius 3 is 2.64 bits per heavy atom. The SMILES string of the molecule is C/C=C/CC/C=C/C(=O)OCl. The standard InChI is InChI=1S/C8H11ClO2/c1-2-3-4-5-6-7-8(10)11-9/h2-3,6-7H,4-5H2,1H3/b3-2+,7-6+. The molecule has 0 heterocycles. The Morgan fingerprint density at radius 1 is 1.45 bits per heavy atom. The molecule has 0 saturated heterocycles. The maximum Gasteiger partial charge on any atom is 0.348 e. The first kappa shape index (κ1) is 10.2. The van der Waals surface area contributed by atoms with Crippen LogP contribution in [0.25, 0.3) is 0 Å². The molecule has 0 bridgehead atoms. The van der Waals surface area contributed by atoms with Crippen molar-refractivity contribution in [2.75, 3.05) is 0 Å². The van der Waals surface area contributed by atoms with Gasteiger partial charge in [0.2, 0.25) is 0 Å². The van der Waals surface area contributed by atoms with Crippen molar-refractivity contribution in [3.05, 3.63) is 24.3 Å². The molecule has 3 heteroatoms. The summed E-state index contributed by atoms with van der Waals surface area (Å²) >= 11 is 4.78. The van der Waals surface area contributed by atoms with Gasteiger partial charge in [0.1, 0.15) is 11.9 Å². The molecule has 0 atom stereocenters. The summed E-state index contributed by atoms with van der Waals surface area (Å²) in [7, 11) is 0. The Balaban J connectivity index is 3.37. The summed E-state index contributed by atoms with van der Waals surface area (Å²) in [4.78, 5) is 10.4. The normalized spacial score (nSPS) is 11.1. The Labute approximate surface area is 71.7 Å². The van der Waals surface area contributed by atoms with Crippen molar-refractivity contribution in [3.63, 3.8) is 0 Å². The minimum Gasteiger partial charge on any atom is -0.344 e. The fourth-order valence-corrected chi connectivity index (χ4v) is 0.616. The van der Waals surface area contributed by atoms with E-state index in [0.29, 0.717) is 0 Å². The van der Waals surface area contributed by atoms with E-state index < -0.39 is 5.97 Å². The predicted molar refractivity (Wildman–Crippen MR) is 45.1 cm³/mol. The van der Waals surface area contributed by atoms with E-state index in [1.54, 1.807) is 6.08 Å². The maximum absolute atomic E-state index is 10.4. The van der Waals surface area contributed by atoms with Gasteiger partial charge in [0.15, 0.2) is 0 Å². The van der Waals surface area contributed by atoms with E-state index in [0.717, 1.165) is 12.8 Å². The number of rotatable bonds is 4. The third-order valence-electron chi connectivity index (χ3n) is 1.07. The highest BCUT2D eigenvalue weighted by atomic mass is 35.5. The van der Waals surface area contributed by atoms with E-state index in [-0.39, 0.29) is 0 Å². The smallest absolute Gasteiger partial charge is 0.344 e. The summed E-state index contributed by atoms with van der Waals surface area (Å²) in [5, 5.41) is 0. The predicted octanol–water partition coefficient (Wildman–Crippen LogP) is 2.60. The van der Waals surface area contributed by atoms with E-state index in [1.807, 2.05) is 19.1 Å². The minimum absolute atomic E-state index is 0.521. The van der Waals surface area contributed by atoms with Crippen LogP contribution in [0.4, 0.5) is 0 Å². The van der Waals surface area contributed by atoms with Crippen LogP contribution >= 0.6 is 11.9 Å². The lowest BCUT2D eigenvalue weighted by Gasteiger charge is -1.85. The van der Waals surface area contributed by atoms with Crippen molar-refractivity contribution in [1.29, 1.82) is 0 Å². The van der Waals surface area contributed by atoms with Crippen molar-refractivity contribution in [3.8, 4) is 0 Å². The second-order valence-electron chi connectivity index (χ2n) is 1.94. The van der Waals surface area contributed by atoms with Crippen LogP contribution in [-0.4, -0.2) is 5.97 Å². The molecule has 11 heavy (non-hydrogen) atoms. The van der Waals surface area contributed by atoms with Crippen molar-refractivity contribution < 1.29 is 9.08 Å². The molecule has 0 amide bonds. The van der Waals surface area contributed by atoms with Crippen LogP contribution < -0.4 is 0 Å². The molecular weight excluding hydrogens is 164 g/mol. The van der Waals surface area contributed by atoms with E-state index >= 15 is 0 Å². The fourth-order valence-electron chi connectivity index (χ4n) is 0.564. The van der Waals surface area contributed by atoms with Crippen molar-refractivity contribution in [1.82, 2.24) is 0 Å². The molecule has 0 rings (SSSR count). The maximum atomic E-state index is 10.4. The second kappa shape index (κ2) is 7.35. The molecule has 62 valence electrons. The highest BCUT2D eigenvalue weighted by Gasteiger charge is 1.89. The third kappa shape index (κ3) is 7.13. The van der Waals surface area contributed by atoms with E-state index in [9.17, 15) is 4.79 Å². The molecule has 0 aliphatic heterocycles. The summed E-state index contributed by atoms with van der Waals surface area (Å²) < 4.78 is 3.89. The molecule has 0 unspecified atom stereocenters. The van der Waals surface area contributed by atoms with Crippen LogP contribution in [0.3, 0.4) is 0 Å². The van der Waals surface area contributed by atoms with Crippen molar-refractivity contribution in [2.45, 2.75) is 19.8 Å². The number of unbranched alkanes of at least 4 members (excludes halogenated alkanes) is 1. The first-order valence-electron chi connectivity index (χ1n) is 3.41. The van der Waals surface area contributed by atoms with Crippen LogP contribution in [0.5, 0.6) is 0 Å². The van der Waals surface area contributed by atoms with Crippen molar-refractivity contribution in [2.24, 2.45) is 0 Å². The third-order valence-corrected chi connectivity index (χ3v) is 1.22. The zero-order valence-electron chi connectivity index (χ0n) is 6.42. The fraction of sp³-hybridized carbons (Fsp3) is 0.375. The quantitative estimate of drug-likeness (QED) is 0.372. The lowest BCUT2D eigenvalue weighted by molar-refractivity contribution is -0.128. The van der Waals surface area contributed by atoms with E-state index in [2.05, 4.69) is 4.29 Å². The van der Waals surface area contributed by atoms with Crippen molar-refractivity contribution >= 4 is 17.8 Å². The van der Waals surface area contributed by atoms with Crippen LogP contribution in [0.15, 0.2) is 24.3 Å². The van der Waals surface area contributed by atoms with Gasteiger partial charge >= 0.3 is 5.97 Å². The molecule has 2 nitrogen and oxygen atoms in total. The lowest BCUT2D eigenvalue weighted by atomic mass is 10.3. The van der Waals surface area contributed by atoms with E-state index in [1.165, 1.54) is 6.08 Å². The topological polar surface area (TPSA) is 26.3 Å². The van der Waals surface area contributed by atoms with Gasteiger partial charge in [-0.25, -0.2) is 4.79 Å². The highest BCUT2D eigenvalue weighted by molar-refractivity contribution is 6.14. The van der Waals surface area contributed by atoms with Gasteiger partial charge in [-0.05, 0) is 19.8 Å². The summed E-state index contributed by atoms with van der Waals surface area (Å²) in [6.45, 7) is 1.96. The Bertz CT molecular complexity index is 161. The number of carbonyl (C=O) groups excluding carboxylic acids is 1. The molecule has 0 saturated carbocycles. The largest absolute Gasteiger partial charge is 0.348 e. The molecule has 0 aromatic heterocycles. The second-order valence-corrected chi connectivity index (χ2v) is 2.10. The van der Waals surface area contributed by atoms with Gasteiger partial charge in [0.25, 0.3) is 0 Å². The summed E-state index contributed by atoms with van der Waals surface area (Å²) in [6, 6.07) is 0. The van der Waals surface area contributed by atoms with E-state index in [4.69, 9.17) is 11.9 Å². The van der Waals surface area contributed by atoms with Gasteiger partial charge in [-0.3, -0.25) is 0 Å². The van der Waals surface area contributed by atoms with Gasteiger partial charge in [-0.15, -0.1) is 0 Å². The van der Waals surface area contributed by atoms with Gasteiger partial charge < -0.3 is 4.29 Å². The van der Waals surface area contributed by atoms with Gasteiger partial charge in [-0.1, -0.05) is 18.2 Å². The number of hydrogen-bond acceptors (Lipinski definition) is 2. The van der Waals surface area contributed by atoms with Crippen LogP contribution in [0.1, 0.15) is 19.8 Å². The molecule has 0 aliphatic rings. The molecule has 0 aliphatic carbocycles. The number of hydrogen-bond donors (Lipinski definition) is 0. The average molecular weight is 175 g/mol. The molecule has 0 fully saturated rings. The number of halogens is 1. The summed E-state index contributed by atoms with van der Waals surface area (Å²) in [6.07, 6.45) is 8.80. The van der Waals surface area contributed by atoms with Gasteiger partial charge in [-0.2, -0.15) is 0 Å². The van der Waals surface area contributed by atoms with Crippen LogP contribution in [-0.2, 0) is 9.08 Å². The average Bonchev–Trinajstić information content (AvgIpc) is 2.04.